The number of hydrogen-bond donors (Lipinski definition) is 1. The van der Waals surface area contributed by atoms with Crippen molar-refractivity contribution in [2.45, 2.75) is 4.90 Å². The maximum absolute atomic E-state index is 12.6. The first-order chi connectivity index (χ1) is 12.3. The van der Waals surface area contributed by atoms with Crippen LogP contribution in [0, 0.1) is 11.3 Å². The highest BCUT2D eigenvalue weighted by molar-refractivity contribution is 9.10. The lowest BCUT2D eigenvalue weighted by molar-refractivity contribution is 0.102. The van der Waals surface area contributed by atoms with Gasteiger partial charge >= 0.3 is 0 Å². The average molecular weight is 430 g/mol. The molecule has 26 heavy (non-hydrogen) atoms. The Bertz CT molecular complexity index is 1180. The number of anilines is 1. The Hall–Kier alpha value is -2.76. The van der Waals surface area contributed by atoms with Gasteiger partial charge in [-0.1, -0.05) is 18.2 Å². The Labute approximate surface area is 158 Å². The molecule has 1 N–H and O–H groups in total. The predicted molar refractivity (Wildman–Crippen MR) is 102 cm³/mol. The summed E-state index contributed by atoms with van der Waals surface area (Å²) in [5.74, 6) is -0.323. The van der Waals surface area contributed by atoms with E-state index in [0.717, 1.165) is 6.26 Å². The number of hydrogen-bond acceptors (Lipinski definition) is 5. The first-order valence-corrected chi connectivity index (χ1v) is 10.1. The minimum Gasteiger partial charge on any atom is -0.306 e. The second kappa shape index (κ2) is 6.86. The van der Waals surface area contributed by atoms with Gasteiger partial charge in [0.05, 0.1) is 27.6 Å². The van der Waals surface area contributed by atoms with E-state index < -0.39 is 15.7 Å². The molecule has 0 saturated heterocycles. The van der Waals surface area contributed by atoms with Crippen LogP contribution in [0.4, 0.5) is 5.82 Å². The van der Waals surface area contributed by atoms with Gasteiger partial charge in [-0.25, -0.2) is 13.4 Å². The van der Waals surface area contributed by atoms with Gasteiger partial charge in [0.15, 0.2) is 9.84 Å². The Morgan fingerprint density at radius 2 is 1.92 bits per heavy atom. The highest BCUT2D eigenvalue weighted by Crippen LogP contribution is 2.24. The van der Waals surface area contributed by atoms with Gasteiger partial charge in [0.2, 0.25) is 0 Å². The molecule has 2 aromatic carbocycles. The maximum atomic E-state index is 12.6. The Kier molecular flexibility index (Phi) is 4.76. The number of aromatic nitrogens is 1. The summed E-state index contributed by atoms with van der Waals surface area (Å²) in [7, 11) is -3.45. The molecule has 0 saturated carbocycles. The van der Waals surface area contributed by atoms with Crippen molar-refractivity contribution in [1.82, 2.24) is 4.98 Å². The topological polar surface area (TPSA) is 99.9 Å². The van der Waals surface area contributed by atoms with Crippen molar-refractivity contribution in [3.63, 3.8) is 0 Å². The number of benzene rings is 2. The van der Waals surface area contributed by atoms with Crippen LogP contribution in [0.15, 0.2) is 57.9 Å². The number of carbonyl (C=O) groups excluding carboxylic acids is 1. The summed E-state index contributed by atoms with van der Waals surface area (Å²) >= 11 is 3.25. The summed E-state index contributed by atoms with van der Waals surface area (Å²) in [5.41, 5.74) is 1.11. The molecule has 1 heterocycles. The van der Waals surface area contributed by atoms with Crippen LogP contribution >= 0.6 is 15.9 Å². The summed E-state index contributed by atoms with van der Waals surface area (Å²) in [5, 5.41) is 12.6. The molecule has 8 heteroatoms. The molecule has 0 fully saturated rings. The number of carbonyl (C=O) groups is 1. The minimum atomic E-state index is -3.45. The standard InChI is InChI=1S/C18H12BrN3O3S/c1-26(24,25)12-6-7-15(19)14(9-12)18(23)22-17-8-11(10-20)13-4-2-3-5-16(13)21-17/h2-9H,1H3,(H,21,22,23). The minimum absolute atomic E-state index is 0.0371. The SMILES string of the molecule is CS(=O)(=O)c1ccc(Br)c(C(=O)Nc2cc(C#N)c3ccccc3n2)c1. The van der Waals surface area contributed by atoms with E-state index in [2.05, 4.69) is 32.3 Å². The zero-order chi connectivity index (χ0) is 18.9. The molecule has 3 aromatic rings. The number of rotatable bonds is 3. The molecule has 0 aliphatic carbocycles. The summed E-state index contributed by atoms with van der Waals surface area (Å²) in [6.45, 7) is 0. The van der Waals surface area contributed by atoms with E-state index in [-0.39, 0.29) is 16.3 Å². The van der Waals surface area contributed by atoms with E-state index >= 15 is 0 Å². The molecule has 3 rings (SSSR count). The van der Waals surface area contributed by atoms with Crippen molar-refractivity contribution in [3.05, 3.63) is 64.1 Å². The van der Waals surface area contributed by atoms with Crippen LogP contribution in [0.5, 0.6) is 0 Å². The van der Waals surface area contributed by atoms with Gasteiger partial charge in [0.1, 0.15) is 5.82 Å². The molecule has 0 bridgehead atoms. The fourth-order valence-corrected chi connectivity index (χ4v) is 3.50. The largest absolute Gasteiger partial charge is 0.306 e. The monoisotopic (exact) mass is 429 g/mol. The van der Waals surface area contributed by atoms with Crippen molar-refractivity contribution in [3.8, 4) is 6.07 Å². The van der Waals surface area contributed by atoms with Crippen molar-refractivity contribution in [1.29, 1.82) is 5.26 Å². The zero-order valence-electron chi connectivity index (χ0n) is 13.5. The van der Waals surface area contributed by atoms with Crippen LogP contribution < -0.4 is 5.32 Å². The third kappa shape index (κ3) is 3.59. The number of pyridine rings is 1. The van der Waals surface area contributed by atoms with Gasteiger partial charge in [-0.3, -0.25) is 4.79 Å². The molecule has 0 aliphatic rings. The normalized spacial score (nSPS) is 11.1. The summed E-state index contributed by atoms with van der Waals surface area (Å²) in [6, 6.07) is 14.9. The second-order valence-electron chi connectivity index (χ2n) is 5.55. The summed E-state index contributed by atoms with van der Waals surface area (Å²) in [6.07, 6.45) is 1.07. The fraction of sp³-hybridized carbons (Fsp3) is 0.0556. The van der Waals surface area contributed by atoms with Gasteiger partial charge < -0.3 is 5.32 Å². The lowest BCUT2D eigenvalue weighted by Gasteiger charge is -2.09. The highest BCUT2D eigenvalue weighted by Gasteiger charge is 2.16. The van der Waals surface area contributed by atoms with Crippen molar-refractivity contribution >= 4 is 48.4 Å². The van der Waals surface area contributed by atoms with E-state index in [4.69, 9.17) is 0 Å². The maximum Gasteiger partial charge on any atom is 0.258 e. The van der Waals surface area contributed by atoms with E-state index in [1.165, 1.54) is 24.3 Å². The Morgan fingerprint density at radius 3 is 2.62 bits per heavy atom. The lowest BCUT2D eigenvalue weighted by Crippen LogP contribution is -2.14. The quantitative estimate of drug-likeness (QED) is 0.686. The third-order valence-electron chi connectivity index (χ3n) is 3.69. The van der Waals surface area contributed by atoms with Gasteiger partial charge in [-0.2, -0.15) is 5.26 Å². The molecule has 0 radical (unpaired) electrons. The van der Waals surface area contributed by atoms with Gasteiger partial charge in [0.25, 0.3) is 5.91 Å². The molecule has 1 aromatic heterocycles. The number of nitrogens with zero attached hydrogens (tertiary/aromatic N) is 2. The summed E-state index contributed by atoms with van der Waals surface area (Å²) < 4.78 is 23.9. The number of para-hydroxylation sites is 1. The first-order valence-electron chi connectivity index (χ1n) is 7.40. The van der Waals surface area contributed by atoms with Crippen LogP contribution in [-0.2, 0) is 9.84 Å². The van der Waals surface area contributed by atoms with Crippen LogP contribution in [-0.4, -0.2) is 25.6 Å². The molecule has 0 atom stereocenters. The molecule has 130 valence electrons. The number of fused-ring (bicyclic) bond motifs is 1. The highest BCUT2D eigenvalue weighted by atomic mass is 79.9. The molecule has 0 spiro atoms. The summed E-state index contributed by atoms with van der Waals surface area (Å²) in [4.78, 5) is 17.0. The number of amides is 1. The van der Waals surface area contributed by atoms with Crippen molar-refractivity contribution in [2.75, 3.05) is 11.6 Å². The van der Waals surface area contributed by atoms with Crippen LogP contribution in [0.1, 0.15) is 15.9 Å². The molecule has 0 aliphatic heterocycles. The number of nitrogens with one attached hydrogen (secondary N) is 1. The van der Waals surface area contributed by atoms with Crippen molar-refractivity contribution < 1.29 is 13.2 Å². The van der Waals surface area contributed by atoms with E-state index in [0.29, 0.717) is 20.9 Å². The fourth-order valence-electron chi connectivity index (χ4n) is 2.42. The first kappa shape index (κ1) is 18.0. The predicted octanol–water partition coefficient (Wildman–Crippen LogP) is 3.52. The third-order valence-corrected chi connectivity index (χ3v) is 5.49. The van der Waals surface area contributed by atoms with Crippen molar-refractivity contribution in [2.24, 2.45) is 0 Å². The smallest absolute Gasteiger partial charge is 0.258 e. The number of nitriles is 1. The number of halogens is 1. The van der Waals surface area contributed by atoms with Crippen LogP contribution in [0.3, 0.4) is 0 Å². The second-order valence-corrected chi connectivity index (χ2v) is 8.42. The lowest BCUT2D eigenvalue weighted by atomic mass is 10.1. The van der Waals surface area contributed by atoms with E-state index in [9.17, 15) is 18.5 Å². The molecule has 0 unspecified atom stereocenters. The average Bonchev–Trinajstić information content (AvgIpc) is 2.60. The molecular weight excluding hydrogens is 418 g/mol. The molecular formula is C18H12BrN3O3S. The van der Waals surface area contributed by atoms with Crippen LogP contribution in [0.2, 0.25) is 0 Å². The van der Waals surface area contributed by atoms with Crippen LogP contribution in [0.25, 0.3) is 10.9 Å². The molecule has 1 amide bonds. The van der Waals surface area contributed by atoms with Gasteiger partial charge in [-0.05, 0) is 46.3 Å². The van der Waals surface area contributed by atoms with E-state index in [1.807, 2.05) is 0 Å². The Morgan fingerprint density at radius 1 is 1.19 bits per heavy atom. The number of sulfone groups is 1. The zero-order valence-corrected chi connectivity index (χ0v) is 15.9. The Balaban J connectivity index is 2.01. The van der Waals surface area contributed by atoms with E-state index in [1.54, 1.807) is 24.3 Å². The van der Waals surface area contributed by atoms with Gasteiger partial charge in [-0.15, -0.1) is 0 Å². The molecule has 6 nitrogen and oxygen atoms in total. The van der Waals surface area contributed by atoms with Gasteiger partial charge in [0, 0.05) is 16.1 Å².